The Kier molecular flexibility index (Phi) is 10.4. The van der Waals surface area contributed by atoms with E-state index >= 15 is 0 Å². The number of benzene rings is 1. The average molecular weight is 411 g/mol. The Balaban J connectivity index is 0.00000676. The molecule has 0 atom stereocenters. The largest absolute Gasteiger partial charge is 0.416 e. The minimum atomic E-state index is -4.56. The highest BCUT2D eigenvalue weighted by Gasteiger charge is 2.31. The first-order chi connectivity index (χ1) is 12.1. The Bertz CT molecular complexity index is 669. The van der Waals surface area contributed by atoms with Gasteiger partial charge in [-0.15, -0.1) is 12.4 Å². The number of nitrogens with two attached hydrogens (primary N) is 1. The fourth-order valence-electron chi connectivity index (χ4n) is 2.03. The van der Waals surface area contributed by atoms with Gasteiger partial charge in [0.15, 0.2) is 0 Å². The second-order valence-electron chi connectivity index (χ2n) is 5.50. The quantitative estimate of drug-likeness (QED) is 0.487. The van der Waals surface area contributed by atoms with Crippen molar-refractivity contribution in [1.29, 1.82) is 0 Å². The van der Waals surface area contributed by atoms with Crippen molar-refractivity contribution in [1.82, 2.24) is 10.6 Å². The zero-order chi connectivity index (χ0) is 19.7. The number of carbonyl (C=O) groups excluding carboxylic acids is 3. The number of carbonyl (C=O) groups is 3. The minimum Gasteiger partial charge on any atom is -0.355 e. The summed E-state index contributed by atoms with van der Waals surface area (Å²) in [6, 6.07) is 3.07. The van der Waals surface area contributed by atoms with Gasteiger partial charge in [0, 0.05) is 45.1 Å². The lowest BCUT2D eigenvalue weighted by molar-refractivity contribution is -0.137. The highest BCUT2D eigenvalue weighted by molar-refractivity contribution is 5.93. The van der Waals surface area contributed by atoms with Gasteiger partial charge in [-0.3, -0.25) is 14.4 Å². The van der Waals surface area contributed by atoms with Crippen molar-refractivity contribution in [3.8, 4) is 0 Å². The number of amides is 3. The van der Waals surface area contributed by atoms with Gasteiger partial charge < -0.3 is 21.7 Å². The molecule has 27 heavy (non-hydrogen) atoms. The molecular weight excluding hydrogens is 389 g/mol. The number of halogens is 4. The van der Waals surface area contributed by atoms with Crippen LogP contribution in [0.15, 0.2) is 18.2 Å². The van der Waals surface area contributed by atoms with E-state index in [9.17, 15) is 27.6 Å². The highest BCUT2D eigenvalue weighted by Crippen LogP contribution is 2.32. The summed E-state index contributed by atoms with van der Waals surface area (Å²) in [5.74, 6) is -1.22. The minimum absolute atomic E-state index is 0. The predicted octanol–water partition coefficient (Wildman–Crippen LogP) is 1.56. The molecule has 1 aromatic rings. The topological polar surface area (TPSA) is 113 Å². The van der Waals surface area contributed by atoms with Crippen LogP contribution in [-0.4, -0.2) is 30.8 Å². The van der Waals surface area contributed by atoms with Gasteiger partial charge in [-0.1, -0.05) is 0 Å². The Morgan fingerprint density at radius 1 is 1.00 bits per heavy atom. The molecule has 0 saturated carbocycles. The monoisotopic (exact) mass is 410 g/mol. The number of rotatable bonds is 8. The summed E-state index contributed by atoms with van der Waals surface area (Å²) in [5, 5.41) is 7.33. The Morgan fingerprint density at radius 2 is 1.59 bits per heavy atom. The van der Waals surface area contributed by atoms with Gasteiger partial charge in [-0.05, 0) is 23.8 Å². The molecule has 0 aromatic heterocycles. The van der Waals surface area contributed by atoms with E-state index in [1.165, 1.54) is 13.0 Å². The molecule has 152 valence electrons. The normalized spacial score (nSPS) is 10.6. The van der Waals surface area contributed by atoms with Crippen LogP contribution in [0.1, 0.15) is 30.9 Å². The number of hydrogen-bond acceptors (Lipinski definition) is 4. The molecule has 0 aliphatic carbocycles. The first-order valence-corrected chi connectivity index (χ1v) is 7.84. The van der Waals surface area contributed by atoms with E-state index in [0.717, 1.165) is 12.1 Å². The van der Waals surface area contributed by atoms with Gasteiger partial charge in [0.05, 0.1) is 5.56 Å². The summed E-state index contributed by atoms with van der Waals surface area (Å²) in [5.41, 5.74) is 4.66. The van der Waals surface area contributed by atoms with Crippen molar-refractivity contribution in [2.45, 2.75) is 32.5 Å². The predicted molar refractivity (Wildman–Crippen MR) is 96.1 cm³/mol. The number of nitrogens with one attached hydrogen (secondary N) is 3. The van der Waals surface area contributed by atoms with Crippen LogP contribution in [0, 0.1) is 0 Å². The summed E-state index contributed by atoms with van der Waals surface area (Å²) < 4.78 is 38.5. The molecule has 1 aromatic carbocycles. The maximum absolute atomic E-state index is 12.8. The molecule has 0 unspecified atom stereocenters. The number of alkyl halides is 3. The third kappa shape index (κ3) is 9.80. The van der Waals surface area contributed by atoms with Crippen LogP contribution >= 0.6 is 12.4 Å². The first-order valence-electron chi connectivity index (χ1n) is 7.84. The van der Waals surface area contributed by atoms with E-state index in [4.69, 9.17) is 5.73 Å². The number of anilines is 1. The third-order valence-corrected chi connectivity index (χ3v) is 3.24. The molecule has 3 amide bonds. The third-order valence-electron chi connectivity index (χ3n) is 3.24. The summed E-state index contributed by atoms with van der Waals surface area (Å²) in [6.07, 6.45) is -4.88. The van der Waals surface area contributed by atoms with Gasteiger partial charge in [-0.2, -0.15) is 13.2 Å². The van der Waals surface area contributed by atoms with Crippen LogP contribution in [-0.2, 0) is 27.1 Å². The van der Waals surface area contributed by atoms with Gasteiger partial charge in [0.2, 0.25) is 17.7 Å². The summed E-state index contributed by atoms with van der Waals surface area (Å²) in [7, 11) is 0. The Labute approximate surface area is 160 Å². The summed E-state index contributed by atoms with van der Waals surface area (Å²) in [4.78, 5) is 34.1. The maximum atomic E-state index is 12.8. The van der Waals surface area contributed by atoms with Gasteiger partial charge in [0.1, 0.15) is 0 Å². The van der Waals surface area contributed by atoms with Crippen LogP contribution in [0.3, 0.4) is 0 Å². The molecule has 7 nitrogen and oxygen atoms in total. The average Bonchev–Trinajstić information content (AvgIpc) is 2.55. The second-order valence-corrected chi connectivity index (χ2v) is 5.50. The van der Waals surface area contributed by atoms with E-state index < -0.39 is 23.6 Å². The van der Waals surface area contributed by atoms with Crippen LogP contribution in [0.5, 0.6) is 0 Å². The fraction of sp³-hybridized carbons (Fsp3) is 0.438. The zero-order valence-electron chi connectivity index (χ0n) is 14.6. The molecule has 0 saturated heterocycles. The Morgan fingerprint density at radius 3 is 2.15 bits per heavy atom. The van der Waals surface area contributed by atoms with E-state index in [1.807, 2.05) is 0 Å². The number of hydrogen-bond donors (Lipinski definition) is 4. The van der Waals surface area contributed by atoms with Crippen molar-refractivity contribution < 1.29 is 27.6 Å². The van der Waals surface area contributed by atoms with Crippen LogP contribution in [0.25, 0.3) is 0 Å². The SMILES string of the molecule is CC(=O)NCCNC(=O)CCC(=O)Nc1cc(CN)cc(C(F)(F)F)c1.Cl. The Hall–Kier alpha value is -2.33. The molecule has 0 fully saturated rings. The molecule has 0 heterocycles. The second kappa shape index (κ2) is 11.4. The lowest BCUT2D eigenvalue weighted by Gasteiger charge is -2.12. The van der Waals surface area contributed by atoms with Gasteiger partial charge in [0.25, 0.3) is 0 Å². The van der Waals surface area contributed by atoms with E-state index in [0.29, 0.717) is 0 Å². The molecule has 0 bridgehead atoms. The van der Waals surface area contributed by atoms with Crippen molar-refractivity contribution in [2.24, 2.45) is 5.73 Å². The van der Waals surface area contributed by atoms with Crippen molar-refractivity contribution >= 4 is 35.8 Å². The zero-order valence-corrected chi connectivity index (χ0v) is 15.4. The van der Waals surface area contributed by atoms with Crippen LogP contribution in [0.4, 0.5) is 18.9 Å². The standard InChI is InChI=1S/C16H21F3N4O3.ClH/c1-10(24)21-4-5-22-14(25)2-3-15(26)23-13-7-11(9-20)6-12(8-13)16(17,18)19;/h6-8H,2-5,9,20H2,1H3,(H,21,24)(H,22,25)(H,23,26);1H. The van der Waals surface area contributed by atoms with Gasteiger partial charge in [-0.25, -0.2) is 0 Å². The molecule has 11 heteroatoms. The van der Waals surface area contributed by atoms with Crippen molar-refractivity contribution in [2.75, 3.05) is 18.4 Å². The first kappa shape index (κ1) is 24.7. The van der Waals surface area contributed by atoms with Crippen LogP contribution < -0.4 is 21.7 Å². The molecule has 5 N–H and O–H groups in total. The lowest BCUT2D eigenvalue weighted by Crippen LogP contribution is -2.33. The van der Waals surface area contributed by atoms with Crippen LogP contribution in [0.2, 0.25) is 0 Å². The van der Waals surface area contributed by atoms with Crippen molar-refractivity contribution in [3.63, 3.8) is 0 Å². The fourth-order valence-corrected chi connectivity index (χ4v) is 2.03. The van der Waals surface area contributed by atoms with Gasteiger partial charge >= 0.3 is 6.18 Å². The highest BCUT2D eigenvalue weighted by atomic mass is 35.5. The lowest BCUT2D eigenvalue weighted by atomic mass is 10.1. The molecule has 0 radical (unpaired) electrons. The molecule has 0 aliphatic rings. The molecule has 0 spiro atoms. The van der Waals surface area contributed by atoms with E-state index in [2.05, 4.69) is 16.0 Å². The maximum Gasteiger partial charge on any atom is 0.416 e. The van der Waals surface area contributed by atoms with E-state index in [-0.39, 0.29) is 62.0 Å². The molecule has 0 aliphatic heterocycles. The smallest absolute Gasteiger partial charge is 0.355 e. The summed E-state index contributed by atoms with van der Waals surface area (Å²) in [6.45, 7) is 1.71. The van der Waals surface area contributed by atoms with E-state index in [1.54, 1.807) is 0 Å². The molecular formula is C16H22ClF3N4O3. The molecule has 1 rings (SSSR count). The van der Waals surface area contributed by atoms with Crippen molar-refractivity contribution in [3.05, 3.63) is 29.3 Å². The summed E-state index contributed by atoms with van der Waals surface area (Å²) >= 11 is 0.